The number of halogens is 2. The maximum absolute atomic E-state index is 11.9. The Hall–Kier alpha value is -1.28. The molecule has 3 N–H and O–H groups in total. The fourth-order valence-corrected chi connectivity index (χ4v) is 1.82. The summed E-state index contributed by atoms with van der Waals surface area (Å²) >= 11 is 16.8. The molecule has 0 aliphatic rings. The van der Waals surface area contributed by atoms with Gasteiger partial charge in [0.15, 0.2) is 11.2 Å². The number of hydrazine groups is 1. The van der Waals surface area contributed by atoms with E-state index in [0.29, 0.717) is 28.9 Å². The molecule has 0 aliphatic heterocycles. The summed E-state index contributed by atoms with van der Waals surface area (Å²) in [4.78, 5) is 11.9. The molecule has 0 saturated carbocycles. The first kappa shape index (κ1) is 18.8. The second-order valence-electron chi connectivity index (χ2n) is 4.20. The van der Waals surface area contributed by atoms with Gasteiger partial charge in [-0.25, -0.2) is 0 Å². The molecule has 1 aromatic carbocycles. The summed E-state index contributed by atoms with van der Waals surface area (Å²) in [6.45, 7) is 2.61. The number of ether oxygens (including phenoxy) is 2. The van der Waals surface area contributed by atoms with Crippen LogP contribution in [0.25, 0.3) is 0 Å². The Labute approximate surface area is 144 Å². The smallest absolute Gasteiger partial charge is 0.279 e. The molecule has 0 aliphatic carbocycles. The number of benzene rings is 1. The van der Waals surface area contributed by atoms with Gasteiger partial charge in [-0.05, 0) is 31.3 Å². The van der Waals surface area contributed by atoms with Gasteiger partial charge < -0.3 is 14.8 Å². The van der Waals surface area contributed by atoms with Crippen LogP contribution < -0.4 is 20.9 Å². The lowest BCUT2D eigenvalue weighted by Crippen LogP contribution is -2.50. The third-order valence-electron chi connectivity index (χ3n) is 2.46. The van der Waals surface area contributed by atoms with Crippen molar-refractivity contribution in [3.63, 3.8) is 0 Å². The summed E-state index contributed by atoms with van der Waals surface area (Å²) < 4.78 is 10.3. The standard InChI is InChI=1S/C13H17Cl2N3O3S/c1-8(21-11-7-9(14)3-4-10(11)15)12(19)17-18-13(22)16-5-6-20-2/h3-4,7-8H,5-6H2,1-2H3,(H,17,19)(H2,16,18,22)/t8-/m0/s1. The van der Waals surface area contributed by atoms with Gasteiger partial charge in [0.25, 0.3) is 5.91 Å². The molecule has 122 valence electrons. The van der Waals surface area contributed by atoms with Crippen molar-refractivity contribution in [1.29, 1.82) is 0 Å². The summed E-state index contributed by atoms with van der Waals surface area (Å²) in [5, 5.41) is 3.96. The highest BCUT2D eigenvalue weighted by atomic mass is 35.5. The molecule has 0 unspecified atom stereocenters. The summed E-state index contributed by atoms with van der Waals surface area (Å²) in [6.07, 6.45) is -0.787. The van der Waals surface area contributed by atoms with Crippen molar-refractivity contribution < 1.29 is 14.3 Å². The summed E-state index contributed by atoms with van der Waals surface area (Å²) in [6, 6.07) is 4.77. The maximum Gasteiger partial charge on any atom is 0.279 e. The van der Waals surface area contributed by atoms with Gasteiger partial charge in [-0.2, -0.15) is 0 Å². The zero-order valence-corrected chi connectivity index (χ0v) is 14.4. The highest BCUT2D eigenvalue weighted by Gasteiger charge is 2.16. The van der Waals surface area contributed by atoms with Crippen molar-refractivity contribution in [3.05, 3.63) is 28.2 Å². The highest BCUT2D eigenvalue weighted by molar-refractivity contribution is 7.80. The largest absolute Gasteiger partial charge is 0.479 e. The van der Waals surface area contributed by atoms with Crippen LogP contribution in [0.3, 0.4) is 0 Å². The number of methoxy groups -OCH3 is 1. The topological polar surface area (TPSA) is 71.6 Å². The fraction of sp³-hybridized carbons (Fsp3) is 0.385. The zero-order valence-electron chi connectivity index (χ0n) is 12.1. The number of amides is 1. The molecule has 9 heteroatoms. The molecule has 0 radical (unpaired) electrons. The number of thiocarbonyl (C=S) groups is 1. The maximum atomic E-state index is 11.9. The summed E-state index contributed by atoms with van der Waals surface area (Å²) in [5.41, 5.74) is 4.99. The first-order chi connectivity index (χ1) is 10.4. The fourth-order valence-electron chi connectivity index (χ4n) is 1.34. The number of hydrogen-bond donors (Lipinski definition) is 3. The molecule has 22 heavy (non-hydrogen) atoms. The Balaban J connectivity index is 2.42. The van der Waals surface area contributed by atoms with Crippen LogP contribution in [0.2, 0.25) is 10.0 Å². The van der Waals surface area contributed by atoms with Gasteiger partial charge in [-0.1, -0.05) is 23.2 Å². The Morgan fingerprint density at radius 3 is 2.77 bits per heavy atom. The van der Waals surface area contributed by atoms with E-state index >= 15 is 0 Å². The van der Waals surface area contributed by atoms with E-state index in [9.17, 15) is 4.79 Å². The van der Waals surface area contributed by atoms with Gasteiger partial charge in [-0.3, -0.25) is 15.6 Å². The van der Waals surface area contributed by atoms with Crippen molar-refractivity contribution in [2.24, 2.45) is 0 Å². The molecule has 1 amide bonds. The van der Waals surface area contributed by atoms with Crippen LogP contribution in [0.1, 0.15) is 6.92 Å². The van der Waals surface area contributed by atoms with Gasteiger partial charge >= 0.3 is 0 Å². The lowest BCUT2D eigenvalue weighted by atomic mass is 10.3. The van der Waals surface area contributed by atoms with E-state index in [1.807, 2.05) is 0 Å². The van der Waals surface area contributed by atoms with Crippen LogP contribution in [0.15, 0.2) is 18.2 Å². The second kappa shape index (κ2) is 9.68. The van der Waals surface area contributed by atoms with E-state index in [2.05, 4.69) is 16.2 Å². The molecule has 1 atom stereocenters. The predicted octanol–water partition coefficient (Wildman–Crippen LogP) is 1.90. The van der Waals surface area contributed by atoms with Gasteiger partial charge in [0.1, 0.15) is 5.75 Å². The predicted molar refractivity (Wildman–Crippen MR) is 90.3 cm³/mol. The minimum absolute atomic E-state index is 0.276. The van der Waals surface area contributed by atoms with Crippen molar-refractivity contribution in [1.82, 2.24) is 16.2 Å². The van der Waals surface area contributed by atoms with E-state index < -0.39 is 12.0 Å². The molecule has 0 aromatic heterocycles. The van der Waals surface area contributed by atoms with Crippen LogP contribution in [0.5, 0.6) is 5.75 Å². The Morgan fingerprint density at radius 2 is 2.09 bits per heavy atom. The second-order valence-corrected chi connectivity index (χ2v) is 5.45. The van der Waals surface area contributed by atoms with Gasteiger partial charge in [0.05, 0.1) is 11.6 Å². The molecular weight excluding hydrogens is 349 g/mol. The highest BCUT2D eigenvalue weighted by Crippen LogP contribution is 2.28. The molecule has 0 fully saturated rings. The third-order valence-corrected chi connectivity index (χ3v) is 3.25. The molecule has 6 nitrogen and oxygen atoms in total. The first-order valence-electron chi connectivity index (χ1n) is 6.38. The molecule has 1 aromatic rings. The van der Waals surface area contributed by atoms with Gasteiger partial charge in [0.2, 0.25) is 0 Å². The van der Waals surface area contributed by atoms with Crippen LogP contribution in [0, 0.1) is 0 Å². The van der Waals surface area contributed by atoms with Crippen molar-refractivity contribution in [3.8, 4) is 5.75 Å². The number of carbonyl (C=O) groups excluding carboxylic acids is 1. The average Bonchev–Trinajstić information content (AvgIpc) is 2.48. The SMILES string of the molecule is COCCNC(=S)NNC(=O)[C@H](C)Oc1cc(Cl)ccc1Cl. The minimum Gasteiger partial charge on any atom is -0.479 e. The first-order valence-corrected chi connectivity index (χ1v) is 7.54. The molecule has 1 rings (SSSR count). The number of rotatable bonds is 6. The quantitative estimate of drug-likeness (QED) is 0.406. The lowest BCUT2D eigenvalue weighted by molar-refractivity contribution is -0.127. The molecular formula is C13H17Cl2N3O3S. The normalized spacial score (nSPS) is 11.5. The van der Waals surface area contributed by atoms with E-state index in [0.717, 1.165) is 0 Å². The number of carbonyl (C=O) groups is 1. The lowest BCUT2D eigenvalue weighted by Gasteiger charge is -2.17. The van der Waals surface area contributed by atoms with E-state index in [-0.39, 0.29) is 5.11 Å². The monoisotopic (exact) mass is 365 g/mol. The van der Waals surface area contributed by atoms with Crippen molar-refractivity contribution in [2.45, 2.75) is 13.0 Å². The van der Waals surface area contributed by atoms with Crippen LogP contribution in [-0.4, -0.2) is 37.4 Å². The number of hydrogen-bond acceptors (Lipinski definition) is 4. The molecule has 0 bridgehead atoms. The summed E-state index contributed by atoms with van der Waals surface area (Å²) in [7, 11) is 1.58. The Morgan fingerprint density at radius 1 is 1.36 bits per heavy atom. The molecule has 0 spiro atoms. The Bertz CT molecular complexity index is 531. The number of nitrogens with one attached hydrogen (secondary N) is 3. The van der Waals surface area contributed by atoms with E-state index in [1.54, 1.807) is 26.2 Å². The van der Waals surface area contributed by atoms with Gasteiger partial charge in [-0.15, -0.1) is 0 Å². The zero-order chi connectivity index (χ0) is 16.5. The van der Waals surface area contributed by atoms with Crippen molar-refractivity contribution >= 4 is 46.4 Å². The molecule has 0 heterocycles. The van der Waals surface area contributed by atoms with Crippen LogP contribution >= 0.6 is 35.4 Å². The average molecular weight is 366 g/mol. The third kappa shape index (κ3) is 6.65. The Kier molecular flexibility index (Phi) is 8.26. The molecule has 0 saturated heterocycles. The van der Waals surface area contributed by atoms with E-state index in [1.165, 1.54) is 6.07 Å². The van der Waals surface area contributed by atoms with Crippen LogP contribution in [-0.2, 0) is 9.53 Å². The van der Waals surface area contributed by atoms with Crippen molar-refractivity contribution in [2.75, 3.05) is 20.3 Å². The van der Waals surface area contributed by atoms with Crippen LogP contribution in [0.4, 0.5) is 0 Å². The summed E-state index contributed by atoms with van der Waals surface area (Å²) in [5.74, 6) is -0.0791. The van der Waals surface area contributed by atoms with Gasteiger partial charge in [0, 0.05) is 24.7 Å². The van der Waals surface area contributed by atoms with E-state index in [4.69, 9.17) is 44.9 Å². The minimum atomic E-state index is -0.787.